The second-order valence-electron chi connectivity index (χ2n) is 5.50. The first-order valence-electron chi connectivity index (χ1n) is 7.54. The van der Waals surface area contributed by atoms with Crippen molar-refractivity contribution in [2.75, 3.05) is 24.6 Å². The molecule has 1 aliphatic rings. The SMILES string of the molecule is CCC(N)Cc1ccc(N2CCOC(CC)C2)cc1Cl. The van der Waals surface area contributed by atoms with Crippen LogP contribution in [0.3, 0.4) is 0 Å². The molecule has 0 aliphatic carbocycles. The van der Waals surface area contributed by atoms with Gasteiger partial charge in [-0.05, 0) is 37.0 Å². The topological polar surface area (TPSA) is 38.5 Å². The summed E-state index contributed by atoms with van der Waals surface area (Å²) in [7, 11) is 0. The zero-order valence-corrected chi connectivity index (χ0v) is 13.2. The lowest BCUT2D eigenvalue weighted by molar-refractivity contribution is 0.0384. The molecule has 1 aromatic rings. The molecule has 20 heavy (non-hydrogen) atoms. The molecule has 2 N–H and O–H groups in total. The van der Waals surface area contributed by atoms with E-state index < -0.39 is 0 Å². The number of rotatable bonds is 5. The van der Waals surface area contributed by atoms with E-state index in [4.69, 9.17) is 22.1 Å². The maximum Gasteiger partial charge on any atom is 0.0748 e. The lowest BCUT2D eigenvalue weighted by atomic mass is 10.0. The number of morpholine rings is 1. The van der Waals surface area contributed by atoms with Gasteiger partial charge in [0.2, 0.25) is 0 Å². The number of benzene rings is 1. The average Bonchev–Trinajstić information content (AvgIpc) is 2.49. The summed E-state index contributed by atoms with van der Waals surface area (Å²) in [5, 5.41) is 0.825. The van der Waals surface area contributed by atoms with Gasteiger partial charge in [-0.1, -0.05) is 31.5 Å². The van der Waals surface area contributed by atoms with Crippen LogP contribution < -0.4 is 10.6 Å². The van der Waals surface area contributed by atoms with Crippen LogP contribution in [0.1, 0.15) is 32.3 Å². The molecule has 0 bridgehead atoms. The molecule has 2 rings (SSSR count). The van der Waals surface area contributed by atoms with Crippen LogP contribution in [-0.4, -0.2) is 31.8 Å². The third-order valence-electron chi connectivity index (χ3n) is 4.00. The van der Waals surface area contributed by atoms with E-state index in [1.54, 1.807) is 0 Å². The van der Waals surface area contributed by atoms with Crippen LogP contribution in [0, 0.1) is 0 Å². The Kier molecular flexibility index (Phi) is 5.70. The summed E-state index contributed by atoms with van der Waals surface area (Å²) in [5.41, 5.74) is 8.33. The van der Waals surface area contributed by atoms with Gasteiger partial charge in [-0.3, -0.25) is 0 Å². The molecule has 1 aliphatic heterocycles. The van der Waals surface area contributed by atoms with Gasteiger partial charge in [0.25, 0.3) is 0 Å². The van der Waals surface area contributed by atoms with Crippen LogP contribution in [0.4, 0.5) is 5.69 Å². The van der Waals surface area contributed by atoms with E-state index in [1.807, 2.05) is 0 Å². The Morgan fingerprint density at radius 1 is 1.45 bits per heavy atom. The fourth-order valence-corrected chi connectivity index (χ4v) is 2.78. The zero-order valence-electron chi connectivity index (χ0n) is 12.4. The Morgan fingerprint density at radius 3 is 2.90 bits per heavy atom. The molecule has 1 heterocycles. The Hall–Kier alpha value is -0.770. The molecule has 112 valence electrons. The van der Waals surface area contributed by atoms with Gasteiger partial charge < -0.3 is 15.4 Å². The molecule has 0 saturated carbocycles. The molecule has 4 heteroatoms. The highest BCUT2D eigenvalue weighted by Crippen LogP contribution is 2.26. The van der Waals surface area contributed by atoms with Crippen molar-refractivity contribution < 1.29 is 4.74 Å². The quantitative estimate of drug-likeness (QED) is 0.906. The molecule has 2 unspecified atom stereocenters. The first-order valence-corrected chi connectivity index (χ1v) is 7.92. The molecule has 1 aromatic carbocycles. The third-order valence-corrected chi connectivity index (χ3v) is 4.35. The first-order chi connectivity index (χ1) is 9.63. The number of halogens is 1. The number of ether oxygens (including phenoxy) is 1. The highest BCUT2D eigenvalue weighted by atomic mass is 35.5. The predicted octanol–water partition coefficient (Wildman–Crippen LogP) is 3.24. The minimum absolute atomic E-state index is 0.186. The Labute approximate surface area is 127 Å². The van der Waals surface area contributed by atoms with Gasteiger partial charge >= 0.3 is 0 Å². The summed E-state index contributed by atoms with van der Waals surface area (Å²) < 4.78 is 5.71. The standard InChI is InChI=1S/C16H25ClN2O/c1-3-13(18)9-12-5-6-14(10-16(12)17)19-7-8-20-15(4-2)11-19/h5-6,10,13,15H,3-4,7-9,11,18H2,1-2H3. The maximum atomic E-state index is 6.41. The van der Waals surface area contributed by atoms with E-state index >= 15 is 0 Å². The summed E-state index contributed by atoms with van der Waals surface area (Å²) in [4.78, 5) is 2.35. The summed E-state index contributed by atoms with van der Waals surface area (Å²) in [6.45, 7) is 6.93. The maximum absolute atomic E-state index is 6.41. The van der Waals surface area contributed by atoms with E-state index in [-0.39, 0.29) is 6.04 Å². The smallest absolute Gasteiger partial charge is 0.0748 e. The highest BCUT2D eigenvalue weighted by Gasteiger charge is 2.19. The molecular weight excluding hydrogens is 272 g/mol. The van der Waals surface area contributed by atoms with E-state index in [9.17, 15) is 0 Å². The largest absolute Gasteiger partial charge is 0.375 e. The molecule has 0 radical (unpaired) electrons. The number of hydrogen-bond acceptors (Lipinski definition) is 3. The lowest BCUT2D eigenvalue weighted by Crippen LogP contribution is -2.42. The van der Waals surface area contributed by atoms with E-state index in [2.05, 4.69) is 36.9 Å². The predicted molar refractivity (Wildman–Crippen MR) is 85.7 cm³/mol. The van der Waals surface area contributed by atoms with Crippen molar-refractivity contribution in [3.63, 3.8) is 0 Å². The van der Waals surface area contributed by atoms with Crippen molar-refractivity contribution in [2.45, 2.75) is 45.3 Å². The van der Waals surface area contributed by atoms with Crippen molar-refractivity contribution >= 4 is 17.3 Å². The monoisotopic (exact) mass is 296 g/mol. The van der Waals surface area contributed by atoms with Gasteiger partial charge in [0.1, 0.15) is 0 Å². The molecule has 1 fully saturated rings. The van der Waals surface area contributed by atoms with Crippen LogP contribution in [0.15, 0.2) is 18.2 Å². The summed E-state index contributed by atoms with van der Waals surface area (Å²) >= 11 is 6.41. The van der Waals surface area contributed by atoms with Crippen molar-refractivity contribution in [1.82, 2.24) is 0 Å². The minimum Gasteiger partial charge on any atom is -0.375 e. The number of anilines is 1. The molecule has 1 saturated heterocycles. The Morgan fingerprint density at radius 2 is 2.25 bits per heavy atom. The summed E-state index contributed by atoms with van der Waals surface area (Å²) in [5.74, 6) is 0. The van der Waals surface area contributed by atoms with Crippen molar-refractivity contribution in [1.29, 1.82) is 0 Å². The second-order valence-corrected chi connectivity index (χ2v) is 5.90. The van der Waals surface area contributed by atoms with E-state index in [0.29, 0.717) is 6.10 Å². The van der Waals surface area contributed by atoms with E-state index in [1.165, 1.54) is 5.69 Å². The molecular formula is C16H25ClN2O. The van der Waals surface area contributed by atoms with Gasteiger partial charge in [0.05, 0.1) is 12.7 Å². The molecule has 3 nitrogen and oxygen atoms in total. The molecule has 2 atom stereocenters. The number of nitrogens with two attached hydrogens (primary N) is 1. The summed E-state index contributed by atoms with van der Waals surface area (Å²) in [6.07, 6.45) is 3.19. The second kappa shape index (κ2) is 7.30. The van der Waals surface area contributed by atoms with Crippen LogP contribution in [0.2, 0.25) is 5.02 Å². The fraction of sp³-hybridized carbons (Fsp3) is 0.625. The minimum atomic E-state index is 0.186. The van der Waals surface area contributed by atoms with Gasteiger partial charge in [-0.25, -0.2) is 0 Å². The zero-order chi connectivity index (χ0) is 14.5. The lowest BCUT2D eigenvalue weighted by Gasteiger charge is -2.34. The number of nitrogens with zero attached hydrogens (tertiary/aromatic N) is 1. The average molecular weight is 297 g/mol. The normalized spacial score (nSPS) is 21.0. The van der Waals surface area contributed by atoms with Gasteiger partial charge in [-0.15, -0.1) is 0 Å². The number of hydrogen-bond donors (Lipinski definition) is 1. The van der Waals surface area contributed by atoms with Crippen LogP contribution in [0.25, 0.3) is 0 Å². The fourth-order valence-electron chi connectivity index (χ4n) is 2.53. The Bertz CT molecular complexity index is 438. The van der Waals surface area contributed by atoms with Crippen LogP contribution in [-0.2, 0) is 11.2 Å². The third kappa shape index (κ3) is 3.87. The first kappa shape index (κ1) is 15.6. The van der Waals surface area contributed by atoms with Crippen molar-refractivity contribution in [2.24, 2.45) is 5.73 Å². The van der Waals surface area contributed by atoms with Gasteiger partial charge in [0.15, 0.2) is 0 Å². The van der Waals surface area contributed by atoms with Gasteiger partial charge in [0, 0.05) is 29.8 Å². The molecule has 0 amide bonds. The highest BCUT2D eigenvalue weighted by molar-refractivity contribution is 6.31. The van der Waals surface area contributed by atoms with Crippen LogP contribution in [0.5, 0.6) is 0 Å². The van der Waals surface area contributed by atoms with E-state index in [0.717, 1.165) is 49.5 Å². The van der Waals surface area contributed by atoms with Crippen molar-refractivity contribution in [3.8, 4) is 0 Å². The molecule has 0 spiro atoms. The Balaban J connectivity index is 2.08. The molecule has 0 aromatic heterocycles. The van der Waals surface area contributed by atoms with Crippen molar-refractivity contribution in [3.05, 3.63) is 28.8 Å². The van der Waals surface area contributed by atoms with Gasteiger partial charge in [-0.2, -0.15) is 0 Å². The summed E-state index contributed by atoms with van der Waals surface area (Å²) in [6, 6.07) is 6.52. The van der Waals surface area contributed by atoms with Crippen LogP contribution >= 0.6 is 11.6 Å².